The highest BCUT2D eigenvalue weighted by Gasteiger charge is 2.31. The molecule has 0 aromatic heterocycles. The average molecular weight is 472 g/mol. The summed E-state index contributed by atoms with van der Waals surface area (Å²) in [5.74, 6) is -1.29. The van der Waals surface area contributed by atoms with Gasteiger partial charge in [0.2, 0.25) is 10.0 Å². The minimum atomic E-state index is -4.91. The van der Waals surface area contributed by atoms with Gasteiger partial charge in [0.1, 0.15) is 5.75 Å². The van der Waals surface area contributed by atoms with E-state index in [0.717, 1.165) is 31.4 Å². The summed E-state index contributed by atoms with van der Waals surface area (Å²) in [5.41, 5.74) is 0.300. The van der Waals surface area contributed by atoms with Crippen molar-refractivity contribution in [2.75, 3.05) is 7.11 Å². The third kappa shape index (κ3) is 7.07. The molecule has 0 aliphatic carbocycles. The highest BCUT2D eigenvalue weighted by atomic mass is 35.5. The van der Waals surface area contributed by atoms with Crippen LogP contribution in [0, 0.1) is 0 Å². The number of carbonyl (C=O) groups excluding carboxylic acids is 1. The Kier molecular flexibility index (Phi) is 7.39. The minimum Gasteiger partial charge on any atom is -0.469 e. The van der Waals surface area contributed by atoms with Gasteiger partial charge in [-0.25, -0.2) is 13.1 Å². The van der Waals surface area contributed by atoms with Crippen LogP contribution in [0.15, 0.2) is 47.4 Å². The molecule has 0 saturated carbocycles. The van der Waals surface area contributed by atoms with Crippen molar-refractivity contribution in [3.05, 3.63) is 58.1 Å². The standard InChI is InChI=1S/C17H14Cl2F3NO5S/c1-27-16(24)9-15(10-6-11(18)8-12(19)7-10)23-29(25,26)14-4-2-13(3-5-14)28-17(20,21)22/h2-8,15,23H,9H2,1H3. The van der Waals surface area contributed by atoms with Crippen molar-refractivity contribution < 1.29 is 35.9 Å². The second kappa shape index (κ2) is 9.21. The SMILES string of the molecule is COC(=O)CC(NS(=O)(=O)c1ccc(OC(F)(F)F)cc1)c1cc(Cl)cc(Cl)c1. The van der Waals surface area contributed by atoms with Gasteiger partial charge in [0, 0.05) is 10.0 Å². The maximum Gasteiger partial charge on any atom is 0.573 e. The van der Waals surface area contributed by atoms with Crippen LogP contribution in [-0.4, -0.2) is 27.9 Å². The van der Waals surface area contributed by atoms with Crippen LogP contribution in [0.1, 0.15) is 18.0 Å². The Bertz CT molecular complexity index is 961. The molecule has 2 rings (SSSR count). The zero-order valence-corrected chi connectivity index (χ0v) is 17.0. The lowest BCUT2D eigenvalue weighted by atomic mass is 10.1. The molecule has 0 aliphatic rings. The molecule has 6 nitrogen and oxygen atoms in total. The largest absolute Gasteiger partial charge is 0.573 e. The number of ether oxygens (including phenoxy) is 2. The first kappa shape index (κ1) is 23.3. The highest BCUT2D eigenvalue weighted by Crippen LogP contribution is 2.28. The summed E-state index contributed by atoms with van der Waals surface area (Å²) < 4.78 is 72.6. The molecule has 158 valence electrons. The van der Waals surface area contributed by atoms with E-state index in [4.69, 9.17) is 23.2 Å². The molecular formula is C17H14Cl2F3NO5S. The summed E-state index contributed by atoms with van der Waals surface area (Å²) in [6.45, 7) is 0. The van der Waals surface area contributed by atoms with E-state index >= 15 is 0 Å². The fourth-order valence-corrected chi connectivity index (χ4v) is 4.10. The monoisotopic (exact) mass is 471 g/mol. The van der Waals surface area contributed by atoms with E-state index in [0.29, 0.717) is 5.56 Å². The number of nitrogens with one attached hydrogen (secondary N) is 1. The van der Waals surface area contributed by atoms with Crippen LogP contribution in [0.4, 0.5) is 13.2 Å². The number of rotatable bonds is 7. The number of alkyl halides is 3. The van der Waals surface area contributed by atoms with Crippen LogP contribution in [0.5, 0.6) is 5.75 Å². The third-order valence-electron chi connectivity index (χ3n) is 3.55. The molecular weight excluding hydrogens is 458 g/mol. The number of hydrogen-bond donors (Lipinski definition) is 1. The van der Waals surface area contributed by atoms with Crippen molar-refractivity contribution >= 4 is 39.2 Å². The zero-order chi connectivity index (χ0) is 21.8. The van der Waals surface area contributed by atoms with Gasteiger partial charge in [0.25, 0.3) is 0 Å². The summed E-state index contributed by atoms with van der Waals surface area (Å²) in [7, 11) is -3.09. The third-order valence-corrected chi connectivity index (χ3v) is 5.47. The predicted molar refractivity (Wildman–Crippen MR) is 99.3 cm³/mol. The number of benzene rings is 2. The van der Waals surface area contributed by atoms with E-state index in [-0.39, 0.29) is 21.4 Å². The van der Waals surface area contributed by atoms with Gasteiger partial charge >= 0.3 is 12.3 Å². The number of carbonyl (C=O) groups is 1. The summed E-state index contributed by atoms with van der Waals surface area (Å²) in [6, 6.07) is 6.76. The number of sulfonamides is 1. The fourth-order valence-electron chi connectivity index (χ4n) is 2.33. The Balaban J connectivity index is 2.32. The topological polar surface area (TPSA) is 81.7 Å². The lowest BCUT2D eigenvalue weighted by Gasteiger charge is -2.19. The van der Waals surface area contributed by atoms with E-state index in [9.17, 15) is 26.4 Å². The average Bonchev–Trinajstić information content (AvgIpc) is 2.59. The number of halogens is 5. The predicted octanol–water partition coefficient (Wildman–Crippen LogP) is 4.47. The van der Waals surface area contributed by atoms with E-state index in [1.807, 2.05) is 0 Å². The highest BCUT2D eigenvalue weighted by molar-refractivity contribution is 7.89. The molecule has 1 unspecified atom stereocenters. The molecule has 29 heavy (non-hydrogen) atoms. The van der Waals surface area contributed by atoms with Gasteiger partial charge in [0.15, 0.2) is 0 Å². The molecule has 2 aromatic carbocycles. The molecule has 0 heterocycles. The maximum absolute atomic E-state index is 12.7. The molecule has 0 saturated heterocycles. The Hall–Kier alpha value is -2.01. The molecule has 0 fully saturated rings. The van der Waals surface area contributed by atoms with Crippen LogP contribution in [0.3, 0.4) is 0 Å². The first-order chi connectivity index (χ1) is 13.4. The molecule has 1 atom stereocenters. The smallest absolute Gasteiger partial charge is 0.469 e. The number of methoxy groups -OCH3 is 1. The van der Waals surface area contributed by atoms with Gasteiger partial charge in [-0.2, -0.15) is 0 Å². The minimum absolute atomic E-state index is 0.218. The lowest BCUT2D eigenvalue weighted by Crippen LogP contribution is -2.30. The van der Waals surface area contributed by atoms with Crippen LogP contribution >= 0.6 is 23.2 Å². The Morgan fingerprint density at radius 2 is 1.66 bits per heavy atom. The van der Waals surface area contributed by atoms with Crippen molar-refractivity contribution in [2.24, 2.45) is 0 Å². The quantitative estimate of drug-likeness (QED) is 0.602. The molecule has 0 amide bonds. The summed E-state index contributed by atoms with van der Waals surface area (Å²) >= 11 is 11.9. The van der Waals surface area contributed by atoms with Crippen LogP contribution in [-0.2, 0) is 19.6 Å². The summed E-state index contributed by atoms with van der Waals surface area (Å²) in [4.78, 5) is 11.4. The normalized spacial score (nSPS) is 13.0. The molecule has 0 aliphatic heterocycles. The second-order valence-electron chi connectivity index (χ2n) is 5.68. The van der Waals surface area contributed by atoms with Crippen molar-refractivity contribution in [3.8, 4) is 5.75 Å². The second-order valence-corrected chi connectivity index (χ2v) is 8.26. The van der Waals surface area contributed by atoms with Crippen molar-refractivity contribution in [1.82, 2.24) is 4.72 Å². The zero-order valence-electron chi connectivity index (χ0n) is 14.7. The number of esters is 1. The first-order valence-electron chi connectivity index (χ1n) is 7.80. The molecule has 0 bridgehead atoms. The van der Waals surface area contributed by atoms with E-state index in [1.54, 1.807) is 0 Å². The van der Waals surface area contributed by atoms with Crippen LogP contribution < -0.4 is 9.46 Å². The van der Waals surface area contributed by atoms with E-state index in [1.165, 1.54) is 18.2 Å². The number of hydrogen-bond acceptors (Lipinski definition) is 5. The summed E-state index contributed by atoms with van der Waals surface area (Å²) in [6.07, 6.45) is -5.28. The van der Waals surface area contributed by atoms with Crippen LogP contribution in [0.25, 0.3) is 0 Å². The Morgan fingerprint density at radius 3 is 2.14 bits per heavy atom. The van der Waals surface area contributed by atoms with E-state index in [2.05, 4.69) is 14.2 Å². The van der Waals surface area contributed by atoms with Gasteiger partial charge in [-0.05, 0) is 48.0 Å². The summed E-state index contributed by atoms with van der Waals surface area (Å²) in [5, 5.41) is 0.436. The Morgan fingerprint density at radius 1 is 1.10 bits per heavy atom. The molecule has 0 radical (unpaired) electrons. The van der Waals surface area contributed by atoms with Crippen molar-refractivity contribution in [2.45, 2.75) is 23.7 Å². The van der Waals surface area contributed by atoms with Crippen molar-refractivity contribution in [1.29, 1.82) is 0 Å². The molecule has 12 heteroatoms. The molecule has 2 aromatic rings. The molecule has 1 N–H and O–H groups in total. The van der Waals surface area contributed by atoms with Gasteiger partial charge in [0.05, 0.1) is 24.5 Å². The first-order valence-corrected chi connectivity index (χ1v) is 10.0. The molecule has 0 spiro atoms. The van der Waals surface area contributed by atoms with E-state index < -0.39 is 34.1 Å². The Labute approximate surface area is 174 Å². The van der Waals surface area contributed by atoms with Crippen LogP contribution in [0.2, 0.25) is 10.0 Å². The van der Waals surface area contributed by atoms with Gasteiger partial charge in [-0.15, -0.1) is 13.2 Å². The van der Waals surface area contributed by atoms with Crippen molar-refractivity contribution in [3.63, 3.8) is 0 Å². The van der Waals surface area contributed by atoms with Gasteiger partial charge < -0.3 is 9.47 Å². The fraction of sp³-hybridized carbons (Fsp3) is 0.235. The maximum atomic E-state index is 12.7. The van der Waals surface area contributed by atoms with Gasteiger partial charge in [-0.1, -0.05) is 23.2 Å². The van der Waals surface area contributed by atoms with Gasteiger partial charge in [-0.3, -0.25) is 4.79 Å². The lowest BCUT2D eigenvalue weighted by molar-refractivity contribution is -0.274.